The smallest absolute Gasteiger partial charge is 0.332 e. The van der Waals surface area contributed by atoms with Crippen LogP contribution in [0.3, 0.4) is 0 Å². The molecule has 10 nitrogen and oxygen atoms in total. The minimum Gasteiger partial charge on any atom is -0.497 e. The topological polar surface area (TPSA) is 110 Å². The molecule has 2 fully saturated rings. The Bertz CT molecular complexity index is 1340. The maximum Gasteiger partial charge on any atom is 0.332 e. The maximum atomic E-state index is 13.7. The number of amides is 3. The maximum absolute atomic E-state index is 13.7. The van der Waals surface area contributed by atoms with Gasteiger partial charge in [0.1, 0.15) is 28.6 Å². The molecule has 1 saturated carbocycles. The van der Waals surface area contributed by atoms with E-state index in [1.54, 1.807) is 32.0 Å². The van der Waals surface area contributed by atoms with E-state index in [0.717, 1.165) is 30.0 Å². The number of carbonyl (C=O) groups is 3. The average molecular weight is 571 g/mol. The van der Waals surface area contributed by atoms with Crippen LogP contribution in [0.5, 0.6) is 11.6 Å². The molecule has 1 saturated heterocycles. The number of methoxy groups -OCH3 is 1. The van der Waals surface area contributed by atoms with E-state index in [1.807, 2.05) is 24.3 Å². The Hall–Kier alpha value is -3.53. The van der Waals surface area contributed by atoms with Gasteiger partial charge in [-0.1, -0.05) is 23.8 Å². The number of nitrogens with zero attached hydrogens (tertiary/aromatic N) is 3. The van der Waals surface area contributed by atoms with Crippen LogP contribution in [-0.2, 0) is 14.3 Å². The van der Waals surface area contributed by atoms with E-state index in [2.05, 4.69) is 16.4 Å². The fraction of sp³-hybridized carbons (Fsp3) is 0.517. The molecule has 2 aliphatic heterocycles. The van der Waals surface area contributed by atoms with Crippen LogP contribution in [0.2, 0.25) is 5.15 Å². The second kappa shape index (κ2) is 11.5. The molecule has 40 heavy (non-hydrogen) atoms. The van der Waals surface area contributed by atoms with Crippen LogP contribution in [0.15, 0.2) is 36.4 Å². The van der Waals surface area contributed by atoms with Crippen LogP contribution >= 0.6 is 11.6 Å². The summed E-state index contributed by atoms with van der Waals surface area (Å²) in [5.41, 5.74) is -1.11. The van der Waals surface area contributed by atoms with Gasteiger partial charge in [-0.15, -0.1) is 0 Å². The number of carbonyl (C=O) groups excluding carboxylic acids is 3. The molecule has 2 aromatic rings. The van der Waals surface area contributed by atoms with E-state index in [-0.39, 0.29) is 36.7 Å². The zero-order valence-corrected chi connectivity index (χ0v) is 23.8. The number of pyridine rings is 1. The van der Waals surface area contributed by atoms with Gasteiger partial charge in [0.15, 0.2) is 0 Å². The molecule has 1 aliphatic carbocycles. The van der Waals surface area contributed by atoms with Crippen LogP contribution in [0.1, 0.15) is 39.0 Å². The summed E-state index contributed by atoms with van der Waals surface area (Å²) in [6, 6.07) is 6.13. The average Bonchev–Trinajstić information content (AvgIpc) is 3.46. The Balaban J connectivity index is 1.43. The number of fused-ring (bicyclic) bond motifs is 3. The van der Waals surface area contributed by atoms with Crippen molar-refractivity contribution in [1.29, 1.82) is 0 Å². The van der Waals surface area contributed by atoms with Gasteiger partial charge in [-0.3, -0.25) is 4.79 Å². The third-order valence-electron chi connectivity index (χ3n) is 7.87. The second-order valence-corrected chi connectivity index (χ2v) is 11.0. The van der Waals surface area contributed by atoms with Crippen molar-refractivity contribution in [1.82, 2.24) is 20.1 Å². The fourth-order valence-electron chi connectivity index (χ4n) is 5.59. The zero-order chi connectivity index (χ0) is 28.4. The van der Waals surface area contributed by atoms with Crippen molar-refractivity contribution in [2.45, 2.75) is 56.7 Å². The van der Waals surface area contributed by atoms with Crippen LogP contribution in [-0.4, -0.2) is 84.2 Å². The van der Waals surface area contributed by atoms with Crippen molar-refractivity contribution in [3.63, 3.8) is 0 Å². The summed E-state index contributed by atoms with van der Waals surface area (Å²) in [6.07, 6.45) is 6.80. The lowest BCUT2D eigenvalue weighted by molar-refractivity contribution is -0.149. The quantitative estimate of drug-likeness (QED) is 0.329. The first-order valence-electron chi connectivity index (χ1n) is 13.7. The number of nitrogens with one attached hydrogen (secondary N) is 1. The van der Waals surface area contributed by atoms with Crippen molar-refractivity contribution in [3.05, 3.63) is 41.6 Å². The summed E-state index contributed by atoms with van der Waals surface area (Å²) in [6.45, 7) is 2.71. The molecule has 11 heteroatoms. The van der Waals surface area contributed by atoms with Crippen molar-refractivity contribution in [2.24, 2.45) is 5.92 Å². The number of hydrogen-bond donors (Lipinski definition) is 1. The lowest BCUT2D eigenvalue weighted by atomic mass is 10.1. The molecule has 0 radical (unpaired) electrons. The minimum atomic E-state index is -1.11. The molecule has 1 aromatic carbocycles. The van der Waals surface area contributed by atoms with E-state index in [4.69, 9.17) is 25.8 Å². The Morgan fingerprint density at radius 1 is 1.25 bits per heavy atom. The number of benzene rings is 1. The number of halogens is 1. The fourth-order valence-corrected chi connectivity index (χ4v) is 5.78. The van der Waals surface area contributed by atoms with E-state index >= 15 is 0 Å². The summed E-state index contributed by atoms with van der Waals surface area (Å²) in [4.78, 5) is 47.8. The SMILES string of the molecule is CCOC(=O)[C@@]12C[C@H]1/C=C\CCCCN(C)C(=O)N1C[C@H](Oc3nc(Cl)cc4cc(OC)ccc34)C[C@H]1C(=O)N2. The predicted molar refractivity (Wildman–Crippen MR) is 149 cm³/mol. The highest BCUT2D eigenvalue weighted by Gasteiger charge is 2.62. The van der Waals surface area contributed by atoms with Crippen LogP contribution in [0, 0.1) is 5.92 Å². The van der Waals surface area contributed by atoms with Crippen molar-refractivity contribution in [3.8, 4) is 11.6 Å². The highest BCUT2D eigenvalue weighted by atomic mass is 35.5. The molecule has 1 aromatic heterocycles. The monoisotopic (exact) mass is 570 g/mol. The number of urea groups is 1. The van der Waals surface area contributed by atoms with Crippen LogP contribution < -0.4 is 14.8 Å². The summed E-state index contributed by atoms with van der Waals surface area (Å²) < 4.78 is 17.0. The highest BCUT2D eigenvalue weighted by molar-refractivity contribution is 6.30. The standard InChI is InChI=1S/C29H35ClN4O6/c1-4-39-27(36)29-16-19(29)9-7-5-6-8-12-33(2)28(37)34-17-21(15-23(34)25(35)32-29)40-26-22-11-10-20(38-3)13-18(22)14-24(30)31-26/h7,9-11,13-14,19,21,23H,4-6,8,12,15-17H2,1-3H3,(H,32,35)/b9-7-/t19-,21-,23+,29-/m1/s1. The number of hydrogen-bond acceptors (Lipinski definition) is 7. The summed E-state index contributed by atoms with van der Waals surface area (Å²) in [5, 5.41) is 4.75. The van der Waals surface area contributed by atoms with Crippen LogP contribution in [0.4, 0.5) is 4.79 Å². The first-order chi connectivity index (χ1) is 19.3. The minimum absolute atomic E-state index is 0.141. The number of ether oxygens (including phenoxy) is 3. The van der Waals surface area contributed by atoms with Crippen molar-refractivity contribution < 1.29 is 28.6 Å². The van der Waals surface area contributed by atoms with Gasteiger partial charge in [0, 0.05) is 31.3 Å². The van der Waals surface area contributed by atoms with Gasteiger partial charge in [0.2, 0.25) is 11.8 Å². The Morgan fingerprint density at radius 3 is 2.85 bits per heavy atom. The number of rotatable bonds is 5. The third-order valence-corrected chi connectivity index (χ3v) is 8.07. The molecule has 1 N–H and O–H groups in total. The van der Waals surface area contributed by atoms with Gasteiger partial charge >= 0.3 is 12.0 Å². The molecule has 4 atom stereocenters. The largest absolute Gasteiger partial charge is 0.497 e. The molecule has 5 rings (SSSR count). The molecule has 0 unspecified atom stereocenters. The van der Waals surface area contributed by atoms with Gasteiger partial charge in [-0.25, -0.2) is 14.6 Å². The second-order valence-electron chi connectivity index (χ2n) is 10.6. The molecule has 3 amide bonds. The first-order valence-corrected chi connectivity index (χ1v) is 14.1. The van der Waals surface area contributed by atoms with Crippen molar-refractivity contribution >= 4 is 40.3 Å². The molecular formula is C29H35ClN4O6. The van der Waals surface area contributed by atoms with E-state index in [0.29, 0.717) is 24.6 Å². The zero-order valence-electron chi connectivity index (χ0n) is 23.0. The first kappa shape index (κ1) is 28.0. The molecule has 214 valence electrons. The van der Waals surface area contributed by atoms with Gasteiger partial charge in [-0.2, -0.15) is 0 Å². The lowest BCUT2D eigenvalue weighted by Crippen LogP contribution is -2.55. The summed E-state index contributed by atoms with van der Waals surface area (Å²) in [7, 11) is 3.33. The van der Waals surface area contributed by atoms with Crippen LogP contribution in [0.25, 0.3) is 10.8 Å². The van der Waals surface area contributed by atoms with Gasteiger partial charge in [0.05, 0.1) is 20.3 Å². The van der Waals surface area contributed by atoms with E-state index < -0.39 is 29.6 Å². The summed E-state index contributed by atoms with van der Waals surface area (Å²) >= 11 is 6.30. The lowest BCUT2D eigenvalue weighted by Gasteiger charge is -2.30. The molecule has 3 aliphatic rings. The molecular weight excluding hydrogens is 536 g/mol. The summed E-state index contributed by atoms with van der Waals surface area (Å²) in [5.74, 6) is 0.000220. The number of allylic oxidation sites excluding steroid dienone is 1. The Labute approximate surface area is 238 Å². The highest BCUT2D eigenvalue weighted by Crippen LogP contribution is 2.46. The van der Waals surface area contributed by atoms with Gasteiger partial charge in [-0.05, 0) is 62.3 Å². The van der Waals surface area contributed by atoms with E-state index in [9.17, 15) is 14.4 Å². The number of aromatic nitrogens is 1. The molecule has 0 bridgehead atoms. The van der Waals surface area contributed by atoms with Gasteiger partial charge < -0.3 is 29.3 Å². The number of esters is 1. The van der Waals surface area contributed by atoms with Crippen molar-refractivity contribution in [2.75, 3.05) is 33.9 Å². The normalized spacial score (nSPS) is 27.8. The predicted octanol–water partition coefficient (Wildman–Crippen LogP) is 3.95. The van der Waals surface area contributed by atoms with E-state index in [1.165, 1.54) is 4.90 Å². The Morgan fingerprint density at radius 2 is 2.08 bits per heavy atom. The Kier molecular flexibility index (Phi) is 8.07. The molecule has 3 heterocycles. The van der Waals surface area contributed by atoms with Gasteiger partial charge in [0.25, 0.3) is 0 Å². The third kappa shape index (κ3) is 5.54. The molecule has 0 spiro atoms.